The maximum Gasteiger partial charge on any atom is 4.00 e. The van der Waals surface area contributed by atoms with E-state index in [0.717, 1.165) is 0 Å². The fourth-order valence-electron chi connectivity index (χ4n) is 3.86. The van der Waals surface area contributed by atoms with E-state index in [9.17, 15) is 140 Å². The Morgan fingerprint density at radius 1 is 0.200 bits per heavy atom. The molecule has 0 saturated heterocycles. The molecule has 4 aromatic carbocycles. The van der Waals surface area contributed by atoms with Crippen LogP contribution in [0.3, 0.4) is 0 Å². The Hall–Kier alpha value is -3.46. The van der Waals surface area contributed by atoms with Gasteiger partial charge in [0.2, 0.25) is 23.3 Å². The van der Waals surface area contributed by atoms with Gasteiger partial charge in [-0.3, -0.25) is 0 Å². The maximum atomic E-state index is 12.6. The number of halogens is 20. The zero-order valence-electron chi connectivity index (χ0n) is 36.8. The van der Waals surface area contributed by atoms with Crippen LogP contribution in [0.25, 0.3) is 0 Å². The van der Waals surface area contributed by atoms with Gasteiger partial charge in [0.25, 0.3) is 0 Å². The van der Waals surface area contributed by atoms with Gasteiger partial charge in [-0.1, -0.05) is 0 Å². The van der Waals surface area contributed by atoms with Gasteiger partial charge in [0.05, 0.1) is 0 Å². The van der Waals surface area contributed by atoms with E-state index in [1.165, 1.54) is 0 Å². The standard InChI is InChI=1S/4C6HF5O3S.2C5H5.2Hf.8H2O/c4*7-1-2(8)4(10)6(15(12,13)14)5(11)3(1)9;2*1-2-4-5-3-1;;;;;;;;;;/h4*(H,12,13,14);2*1-5H;;;8*1H2/q;;;;;;2*+4;;;;;;;;/p-6. The summed E-state index contributed by atoms with van der Waals surface area (Å²) in [5.74, 6) is -51.3. The topological polar surface area (TPSA) is 478 Å². The van der Waals surface area contributed by atoms with Gasteiger partial charge in [0.1, 0.15) is 60.1 Å². The molecule has 0 heterocycles. The Morgan fingerprint density at radius 2 is 0.263 bits per heavy atom. The molecule has 0 aromatic heterocycles. The summed E-state index contributed by atoms with van der Waals surface area (Å²) in [7, 11) is -23.1. The second kappa shape index (κ2) is 39.9. The molecule has 14 N–H and O–H groups in total. The monoisotopic (exact) mass is 1620 g/mol. The summed E-state index contributed by atoms with van der Waals surface area (Å²) in [5.41, 5.74) is 0. The minimum Gasteiger partial charge on any atom is -0.870 e. The van der Waals surface area contributed by atoms with Gasteiger partial charge in [-0.15, -0.1) is 0 Å². The average molecular weight is 1620 g/mol. The summed E-state index contributed by atoms with van der Waals surface area (Å²) in [6, 6.07) is 0. The van der Waals surface area contributed by atoms with Crippen molar-refractivity contribution in [3.05, 3.63) is 181 Å². The summed E-state index contributed by atoms with van der Waals surface area (Å²) in [6.45, 7) is 0. The van der Waals surface area contributed by atoms with Crippen LogP contribution in [0.5, 0.6) is 0 Å². The second-order valence-electron chi connectivity index (χ2n) is 11.3. The van der Waals surface area contributed by atoms with Crippen LogP contribution in [0.1, 0.15) is 0 Å². The smallest absolute Gasteiger partial charge is 0.870 e. The van der Waals surface area contributed by atoms with E-state index < -0.39 is 176 Å². The largest absolute Gasteiger partial charge is 4.00 e. The summed E-state index contributed by atoms with van der Waals surface area (Å²) in [5, 5.41) is 0. The molecule has 2 aliphatic carbocycles. The van der Waals surface area contributed by atoms with E-state index in [1.54, 1.807) is 0 Å². The summed E-state index contributed by atoms with van der Waals surface area (Å²) in [6.07, 6.45) is 20.0. The van der Waals surface area contributed by atoms with Gasteiger partial charge in [0, 0.05) is 0 Å². The van der Waals surface area contributed by atoms with Crippen LogP contribution in [0.15, 0.2) is 19.6 Å². The van der Waals surface area contributed by atoms with Crippen LogP contribution >= 0.6 is 0 Å². The molecule has 0 spiro atoms. The maximum absolute atomic E-state index is 12.6. The fourth-order valence-corrected chi connectivity index (χ4v) is 6.33. The number of benzene rings is 4. The quantitative estimate of drug-likeness (QED) is 0.0926. The van der Waals surface area contributed by atoms with Crippen molar-refractivity contribution in [3.63, 3.8) is 0 Å². The molecule has 20 nitrogen and oxygen atoms in total. The van der Waals surface area contributed by atoms with Crippen molar-refractivity contribution in [3.8, 4) is 0 Å². The molecular formula is C34H24F20Hf2O20S4+2. The van der Waals surface area contributed by atoms with Gasteiger partial charge in [-0.05, 0) is 64.2 Å². The summed E-state index contributed by atoms with van der Waals surface area (Å²) < 4.78 is 372. The van der Waals surface area contributed by atoms with Gasteiger partial charge >= 0.3 is 51.7 Å². The van der Waals surface area contributed by atoms with Crippen molar-refractivity contribution in [1.29, 1.82) is 0 Å². The molecular weight excluding hydrogens is 1590 g/mol. The molecule has 2 fully saturated rings. The molecule has 6 rings (SSSR count). The second-order valence-corrected chi connectivity index (χ2v) is 16.6. The van der Waals surface area contributed by atoms with E-state index in [2.05, 4.69) is 0 Å². The van der Waals surface area contributed by atoms with Gasteiger partial charge in [0.15, 0.2) is 93.1 Å². The van der Waals surface area contributed by atoms with Crippen LogP contribution in [0.4, 0.5) is 87.8 Å². The van der Waals surface area contributed by atoms with E-state index in [-0.39, 0.29) is 95.5 Å². The Balaban J connectivity index is -0.0000000924. The molecule has 80 heavy (non-hydrogen) atoms. The van der Waals surface area contributed by atoms with Crippen molar-refractivity contribution in [1.82, 2.24) is 0 Å². The van der Waals surface area contributed by atoms with E-state index in [4.69, 9.17) is 0 Å². The molecule has 0 atom stereocenters. The molecule has 46 heteroatoms. The van der Waals surface area contributed by atoms with Gasteiger partial charge < -0.3 is 62.0 Å². The van der Waals surface area contributed by atoms with Crippen molar-refractivity contribution >= 4 is 40.5 Å². The zero-order chi connectivity index (χ0) is 54.9. The fraction of sp³-hybridized carbons (Fsp3) is 0. The Morgan fingerprint density at radius 3 is 0.325 bits per heavy atom. The molecule has 450 valence electrons. The number of rotatable bonds is 4. The predicted octanol–water partition coefficient (Wildman–Crippen LogP) is 1.88. The molecule has 2 saturated carbocycles. The molecule has 0 aliphatic heterocycles. The summed E-state index contributed by atoms with van der Waals surface area (Å²) in [4.78, 5) is -9.50. The van der Waals surface area contributed by atoms with Crippen LogP contribution in [-0.4, -0.2) is 95.7 Å². The van der Waals surface area contributed by atoms with E-state index >= 15 is 0 Å². The molecule has 4 aromatic rings. The Bertz CT molecular complexity index is 2560. The van der Waals surface area contributed by atoms with Crippen LogP contribution < -0.4 is 0 Å². The SMILES string of the molecule is O.O.O.O.O.O.O=S(=O)([O-])c1c(F)c(F)c(F)c(F)c1F.O=S(=O)([O-])c1c(F)c(F)c(F)c(F)c1F.O=S(=O)([O-])c1c(F)c(F)c(F)c(F)c1F.O=S(=O)([O-])c1c(F)c(F)c(F)c(F)c1F.[CH]1[CH][CH][CH][CH]1.[CH]1[CH][CH][CH][CH]1.[Hf+4].[Hf+4].[OH-].[OH-]. The van der Waals surface area contributed by atoms with E-state index in [0.29, 0.717) is 0 Å². The zero-order valence-corrected chi connectivity index (χ0v) is 47.2. The average Bonchev–Trinajstić information content (AvgIpc) is 4.04. The predicted molar refractivity (Wildman–Crippen MR) is 205 cm³/mol. The first-order valence-corrected chi connectivity index (χ1v) is 21.6. The first-order chi connectivity index (χ1) is 31.7. The molecule has 10 radical (unpaired) electrons. The molecule has 2 aliphatic rings. The first kappa shape index (κ1) is 98.6. The normalized spacial score (nSPS) is 11.9. The van der Waals surface area contributed by atoms with E-state index in [1.807, 2.05) is 64.2 Å². The third-order valence-electron chi connectivity index (χ3n) is 6.79. The van der Waals surface area contributed by atoms with Crippen LogP contribution in [0, 0.1) is 181 Å². The van der Waals surface area contributed by atoms with Crippen molar-refractivity contribution in [2.45, 2.75) is 19.6 Å². The Kier molecular flexibility index (Phi) is 49.2. The van der Waals surface area contributed by atoms with Crippen molar-refractivity contribution < 1.29 is 235 Å². The van der Waals surface area contributed by atoms with Crippen molar-refractivity contribution in [2.75, 3.05) is 0 Å². The third-order valence-corrected chi connectivity index (χ3v) is 10.2. The number of hydrogen-bond donors (Lipinski definition) is 0. The van der Waals surface area contributed by atoms with Gasteiger partial charge in [-0.25, -0.2) is 121 Å². The molecule has 0 unspecified atom stereocenters. The van der Waals surface area contributed by atoms with Crippen LogP contribution in [0.2, 0.25) is 0 Å². The van der Waals surface area contributed by atoms with Crippen LogP contribution in [-0.2, 0) is 92.2 Å². The summed E-state index contributed by atoms with van der Waals surface area (Å²) >= 11 is 0. The Labute approximate surface area is 473 Å². The first-order valence-electron chi connectivity index (χ1n) is 15.9. The minimum atomic E-state index is -5.77. The van der Waals surface area contributed by atoms with Crippen molar-refractivity contribution in [2.24, 2.45) is 0 Å². The molecule has 0 bridgehead atoms. The van der Waals surface area contributed by atoms with Gasteiger partial charge in [-0.2, -0.15) is 0 Å². The number of hydrogen-bond acceptors (Lipinski definition) is 14. The minimum absolute atomic E-state index is 0. The molecule has 0 amide bonds. The third kappa shape index (κ3) is 25.2.